The van der Waals surface area contributed by atoms with E-state index >= 15 is 0 Å². The molecule has 16 heavy (non-hydrogen) atoms. The van der Waals surface area contributed by atoms with Gasteiger partial charge in [-0.3, -0.25) is 4.90 Å². The van der Waals surface area contributed by atoms with E-state index in [2.05, 4.69) is 4.90 Å². The van der Waals surface area contributed by atoms with Gasteiger partial charge in [0.25, 0.3) is 0 Å². The summed E-state index contributed by atoms with van der Waals surface area (Å²) in [7, 11) is 0. The Labute approximate surface area is 101 Å². The van der Waals surface area contributed by atoms with E-state index in [1.54, 1.807) is 11.3 Å². The highest BCUT2D eigenvalue weighted by atomic mass is 32.1. The van der Waals surface area contributed by atoms with Crippen molar-refractivity contribution in [1.29, 1.82) is 0 Å². The number of aliphatic hydroxyl groups excluding tert-OH is 1. The minimum atomic E-state index is -0.0304. The third-order valence-corrected chi connectivity index (χ3v) is 4.48. The Morgan fingerprint density at radius 2 is 2.50 bits per heavy atom. The summed E-state index contributed by atoms with van der Waals surface area (Å²) in [5.74, 6) is 0. The fraction of sp³-hybridized carbons (Fsp3) is 0.667. The van der Waals surface area contributed by atoms with Crippen LogP contribution in [0.25, 0.3) is 0 Å². The zero-order valence-electron chi connectivity index (χ0n) is 10.2. The highest BCUT2D eigenvalue weighted by Gasteiger charge is 2.40. The minimum absolute atomic E-state index is 0.0304. The van der Waals surface area contributed by atoms with Gasteiger partial charge in [-0.15, -0.1) is 11.3 Å². The molecular formula is C12H17NO2S. The number of hydrogen-bond donors (Lipinski definition) is 1. The Bertz CT molecular complexity index is 411. The van der Waals surface area contributed by atoms with Crippen LogP contribution in [0.15, 0.2) is 11.4 Å². The third kappa shape index (κ3) is 1.80. The van der Waals surface area contributed by atoms with E-state index in [1.165, 1.54) is 10.4 Å². The summed E-state index contributed by atoms with van der Waals surface area (Å²) in [5.41, 5.74) is 1.27. The van der Waals surface area contributed by atoms with E-state index in [1.807, 2.05) is 6.07 Å². The maximum absolute atomic E-state index is 9.43. The molecule has 0 radical (unpaired) electrons. The first-order valence-electron chi connectivity index (χ1n) is 6.20. The lowest BCUT2D eigenvalue weighted by Gasteiger charge is -2.44. The lowest BCUT2D eigenvalue weighted by Crippen LogP contribution is -2.53. The van der Waals surface area contributed by atoms with Gasteiger partial charge in [0.15, 0.2) is 0 Å². The molecule has 1 N–H and O–H groups in total. The molecule has 0 aromatic carbocycles. The summed E-state index contributed by atoms with van der Waals surface area (Å²) in [6.07, 6.45) is 1.04. The summed E-state index contributed by atoms with van der Waals surface area (Å²) in [4.78, 5) is 3.75. The molecule has 3 heterocycles. The molecule has 1 aromatic heterocycles. The molecule has 0 amide bonds. The molecule has 0 saturated carbocycles. The number of hydrogen-bond acceptors (Lipinski definition) is 4. The van der Waals surface area contributed by atoms with Crippen LogP contribution in [0.5, 0.6) is 0 Å². The molecule has 2 aliphatic heterocycles. The molecule has 3 rings (SSSR count). The standard InChI is InChI=1S/C12H17NO2S/c14-7-12(8-15-9-12)6-13-3-1-11-10(5-13)2-4-16-11/h2,4,14H,1,3,5-9H2/i4D. The number of nitrogens with zero attached hydrogens (tertiary/aromatic N) is 1. The molecule has 88 valence electrons. The first-order chi connectivity index (χ1) is 8.21. The Hall–Kier alpha value is -0.420. The van der Waals surface area contributed by atoms with Gasteiger partial charge in [0.1, 0.15) is 0 Å². The van der Waals surface area contributed by atoms with Gasteiger partial charge >= 0.3 is 0 Å². The van der Waals surface area contributed by atoms with Crippen LogP contribution in [0.3, 0.4) is 0 Å². The molecule has 0 bridgehead atoms. The first kappa shape index (κ1) is 9.59. The highest BCUT2D eigenvalue weighted by molar-refractivity contribution is 7.10. The Morgan fingerprint density at radius 1 is 1.62 bits per heavy atom. The summed E-state index contributed by atoms with van der Waals surface area (Å²) in [6.45, 7) is 4.44. The van der Waals surface area contributed by atoms with Crippen molar-refractivity contribution in [3.63, 3.8) is 0 Å². The van der Waals surface area contributed by atoms with Crippen molar-refractivity contribution < 1.29 is 11.2 Å². The molecule has 0 unspecified atom stereocenters. The van der Waals surface area contributed by atoms with Crippen molar-refractivity contribution in [2.75, 3.05) is 32.9 Å². The normalized spacial score (nSPS) is 24.7. The molecule has 0 spiro atoms. The van der Waals surface area contributed by atoms with Crippen LogP contribution in [-0.2, 0) is 17.7 Å². The summed E-state index contributed by atoms with van der Waals surface area (Å²) < 4.78 is 12.9. The van der Waals surface area contributed by atoms with Crippen LogP contribution in [0.1, 0.15) is 11.8 Å². The van der Waals surface area contributed by atoms with Crippen molar-refractivity contribution >= 4 is 11.3 Å². The van der Waals surface area contributed by atoms with Crippen LogP contribution < -0.4 is 0 Å². The Morgan fingerprint density at radius 3 is 3.19 bits per heavy atom. The van der Waals surface area contributed by atoms with Crippen LogP contribution >= 0.6 is 11.3 Å². The van der Waals surface area contributed by atoms with Crippen molar-refractivity contribution in [3.8, 4) is 0 Å². The van der Waals surface area contributed by atoms with Gasteiger partial charge in [-0.2, -0.15) is 0 Å². The number of ether oxygens (including phenoxy) is 1. The zero-order chi connectivity index (χ0) is 11.9. The minimum Gasteiger partial charge on any atom is -0.396 e. The fourth-order valence-corrected chi connectivity index (χ4v) is 3.27. The molecule has 1 saturated heterocycles. The van der Waals surface area contributed by atoms with Crippen molar-refractivity contribution in [3.05, 3.63) is 21.9 Å². The van der Waals surface area contributed by atoms with E-state index in [0.29, 0.717) is 18.6 Å². The van der Waals surface area contributed by atoms with Gasteiger partial charge in [0, 0.05) is 24.5 Å². The fourth-order valence-electron chi connectivity index (χ4n) is 2.48. The van der Waals surface area contributed by atoms with E-state index < -0.39 is 0 Å². The topological polar surface area (TPSA) is 32.7 Å². The lowest BCUT2D eigenvalue weighted by molar-refractivity contribution is -0.149. The Kier molecular flexibility index (Phi) is 2.46. The Balaban J connectivity index is 1.67. The number of fused-ring (bicyclic) bond motifs is 1. The first-order valence-corrected chi connectivity index (χ1v) is 6.52. The molecule has 0 atom stereocenters. The van der Waals surface area contributed by atoms with Gasteiger partial charge < -0.3 is 9.84 Å². The quantitative estimate of drug-likeness (QED) is 0.859. The number of aliphatic hydroxyl groups is 1. The van der Waals surface area contributed by atoms with E-state index in [9.17, 15) is 5.11 Å². The summed E-state index contributed by atoms with van der Waals surface area (Å²) in [5, 5.41) is 10.1. The van der Waals surface area contributed by atoms with Crippen molar-refractivity contribution in [2.24, 2.45) is 5.41 Å². The molecular weight excluding hydrogens is 222 g/mol. The van der Waals surface area contributed by atoms with Gasteiger partial charge in [0.2, 0.25) is 0 Å². The van der Waals surface area contributed by atoms with E-state index in [0.717, 1.165) is 26.1 Å². The monoisotopic (exact) mass is 240 g/mol. The van der Waals surface area contributed by atoms with Gasteiger partial charge in [-0.1, -0.05) is 0 Å². The van der Waals surface area contributed by atoms with Gasteiger partial charge in [-0.25, -0.2) is 0 Å². The summed E-state index contributed by atoms with van der Waals surface area (Å²) >= 11 is 1.60. The molecule has 4 heteroatoms. The largest absolute Gasteiger partial charge is 0.396 e. The summed E-state index contributed by atoms with van der Waals surface area (Å²) in [6, 6.07) is 1.98. The highest BCUT2D eigenvalue weighted by Crippen LogP contribution is 2.31. The molecule has 0 aliphatic carbocycles. The zero-order valence-corrected chi connectivity index (χ0v) is 10.1. The van der Waals surface area contributed by atoms with E-state index in [4.69, 9.17) is 6.11 Å². The van der Waals surface area contributed by atoms with Gasteiger partial charge in [0.05, 0.1) is 26.6 Å². The van der Waals surface area contributed by atoms with Crippen LogP contribution in [-0.4, -0.2) is 42.9 Å². The second-order valence-electron chi connectivity index (χ2n) is 4.92. The SMILES string of the molecule is [2H]c1cc2c(s1)CCN(CC1(CO)COC1)C2. The van der Waals surface area contributed by atoms with Crippen LogP contribution in [0, 0.1) is 5.41 Å². The molecule has 3 nitrogen and oxygen atoms in total. The molecule has 2 aliphatic rings. The predicted molar refractivity (Wildman–Crippen MR) is 63.6 cm³/mol. The smallest absolute Gasteiger partial charge is 0.0740 e. The van der Waals surface area contributed by atoms with E-state index in [-0.39, 0.29) is 12.0 Å². The average Bonchev–Trinajstić information content (AvgIpc) is 2.63. The maximum Gasteiger partial charge on any atom is 0.0740 e. The van der Waals surface area contributed by atoms with Crippen LogP contribution in [0.4, 0.5) is 0 Å². The van der Waals surface area contributed by atoms with Crippen molar-refractivity contribution in [1.82, 2.24) is 4.90 Å². The average molecular weight is 240 g/mol. The molecule has 1 aromatic rings. The lowest BCUT2D eigenvalue weighted by atomic mass is 9.86. The maximum atomic E-state index is 9.43. The van der Waals surface area contributed by atoms with Gasteiger partial charge in [-0.05, 0) is 23.4 Å². The molecule has 1 fully saturated rings. The number of thiophene rings is 1. The third-order valence-electron chi connectivity index (χ3n) is 3.53. The second-order valence-corrected chi connectivity index (χ2v) is 5.86. The van der Waals surface area contributed by atoms with Crippen LogP contribution in [0.2, 0.25) is 0 Å². The predicted octanol–water partition coefficient (Wildman–Crippen LogP) is 1.12. The second kappa shape index (κ2) is 4.11. The van der Waals surface area contributed by atoms with Crippen molar-refractivity contribution in [2.45, 2.75) is 13.0 Å². The number of rotatable bonds is 3.